The van der Waals surface area contributed by atoms with Crippen LogP contribution in [0.3, 0.4) is 0 Å². The number of hydrogen-bond acceptors (Lipinski definition) is 2. The highest BCUT2D eigenvalue weighted by Gasteiger charge is 2.17. The zero-order valence-corrected chi connectivity index (χ0v) is 13.5. The molecule has 0 aliphatic heterocycles. The van der Waals surface area contributed by atoms with E-state index in [1.807, 2.05) is 45.0 Å². The number of nitrogens with zero attached hydrogens (tertiary/aromatic N) is 1. The summed E-state index contributed by atoms with van der Waals surface area (Å²) in [4.78, 5) is 25.2. The van der Waals surface area contributed by atoms with Crippen molar-refractivity contribution in [3.05, 3.63) is 29.8 Å². The minimum atomic E-state index is -0.302. The molecule has 0 aromatic heterocycles. The average molecular weight is 291 g/mol. The minimum Gasteiger partial charge on any atom is -0.350 e. The number of nitrogens with one attached hydrogen (secondary N) is 2. The van der Waals surface area contributed by atoms with E-state index in [-0.39, 0.29) is 24.0 Å². The van der Waals surface area contributed by atoms with Gasteiger partial charge in [-0.25, -0.2) is 4.79 Å². The van der Waals surface area contributed by atoms with Crippen molar-refractivity contribution < 1.29 is 9.59 Å². The van der Waals surface area contributed by atoms with Crippen molar-refractivity contribution in [1.82, 2.24) is 10.2 Å². The summed E-state index contributed by atoms with van der Waals surface area (Å²) in [5.41, 5.74) is 1.59. The molecule has 0 saturated carbocycles. The lowest BCUT2D eigenvalue weighted by Gasteiger charge is -2.23. The van der Waals surface area contributed by atoms with E-state index >= 15 is 0 Å². The van der Waals surface area contributed by atoms with Gasteiger partial charge in [0.2, 0.25) is 5.91 Å². The van der Waals surface area contributed by atoms with Crippen LogP contribution in [0.2, 0.25) is 0 Å². The number of amides is 3. The summed E-state index contributed by atoms with van der Waals surface area (Å²) in [5, 5.41) is 5.62. The molecule has 0 fully saturated rings. The summed E-state index contributed by atoms with van der Waals surface area (Å²) in [6.45, 7) is 7.80. The SMILES string of the molecule is CCc1cccc(NC(=O)N(C)CC(=O)NC(C)(C)C)c1. The van der Waals surface area contributed by atoms with Gasteiger partial charge in [0.05, 0.1) is 0 Å². The molecule has 21 heavy (non-hydrogen) atoms. The predicted octanol–water partition coefficient (Wildman–Crippen LogP) is 2.63. The van der Waals surface area contributed by atoms with Gasteiger partial charge in [0.25, 0.3) is 0 Å². The molecule has 116 valence electrons. The third-order valence-corrected chi connectivity index (χ3v) is 2.83. The van der Waals surface area contributed by atoms with Gasteiger partial charge in [-0.1, -0.05) is 19.1 Å². The van der Waals surface area contributed by atoms with Crippen molar-refractivity contribution in [3.63, 3.8) is 0 Å². The number of aryl methyl sites for hydroxylation is 1. The van der Waals surface area contributed by atoms with Crippen molar-refractivity contribution in [2.45, 2.75) is 39.7 Å². The first-order valence-electron chi connectivity index (χ1n) is 7.13. The highest BCUT2D eigenvalue weighted by atomic mass is 16.2. The molecule has 3 amide bonds. The van der Waals surface area contributed by atoms with E-state index in [0.29, 0.717) is 0 Å². The van der Waals surface area contributed by atoms with Gasteiger partial charge in [0, 0.05) is 18.3 Å². The summed E-state index contributed by atoms with van der Waals surface area (Å²) in [6.07, 6.45) is 0.910. The third kappa shape index (κ3) is 6.29. The van der Waals surface area contributed by atoms with Gasteiger partial charge in [0.1, 0.15) is 6.54 Å². The molecule has 0 aliphatic rings. The molecule has 0 saturated heterocycles. The second kappa shape index (κ2) is 7.11. The maximum atomic E-state index is 12.0. The quantitative estimate of drug-likeness (QED) is 0.896. The van der Waals surface area contributed by atoms with E-state index in [0.717, 1.165) is 17.7 Å². The summed E-state index contributed by atoms with van der Waals surface area (Å²) in [6, 6.07) is 7.38. The molecule has 2 N–H and O–H groups in total. The second-order valence-corrected chi connectivity index (χ2v) is 6.14. The molecule has 5 nitrogen and oxygen atoms in total. The van der Waals surface area contributed by atoms with Crippen LogP contribution in [0.25, 0.3) is 0 Å². The number of carbonyl (C=O) groups is 2. The molecule has 0 atom stereocenters. The van der Waals surface area contributed by atoms with Crippen molar-refractivity contribution in [3.8, 4) is 0 Å². The summed E-state index contributed by atoms with van der Waals surface area (Å²) >= 11 is 0. The fraction of sp³-hybridized carbons (Fsp3) is 0.500. The van der Waals surface area contributed by atoms with Crippen LogP contribution in [-0.4, -0.2) is 36.0 Å². The third-order valence-electron chi connectivity index (χ3n) is 2.83. The number of hydrogen-bond donors (Lipinski definition) is 2. The normalized spacial score (nSPS) is 10.9. The molecule has 0 unspecified atom stereocenters. The smallest absolute Gasteiger partial charge is 0.322 e. The Labute approximate surface area is 126 Å². The highest BCUT2D eigenvalue weighted by molar-refractivity contribution is 5.92. The Morgan fingerprint density at radius 3 is 2.48 bits per heavy atom. The predicted molar refractivity (Wildman–Crippen MR) is 85.4 cm³/mol. The molecule has 1 rings (SSSR count). The Hall–Kier alpha value is -2.04. The van der Waals surface area contributed by atoms with Crippen LogP contribution in [-0.2, 0) is 11.2 Å². The van der Waals surface area contributed by atoms with Gasteiger partial charge < -0.3 is 15.5 Å². The van der Waals surface area contributed by atoms with Gasteiger partial charge in [-0.3, -0.25) is 4.79 Å². The summed E-state index contributed by atoms with van der Waals surface area (Å²) in [5.74, 6) is -0.178. The van der Waals surface area contributed by atoms with E-state index in [9.17, 15) is 9.59 Å². The Kier molecular flexibility index (Phi) is 5.76. The minimum absolute atomic E-state index is 0.0244. The van der Waals surface area contributed by atoms with E-state index in [2.05, 4.69) is 17.6 Å². The van der Waals surface area contributed by atoms with Gasteiger partial charge in [-0.05, 0) is 44.9 Å². The van der Waals surface area contributed by atoms with Gasteiger partial charge in [-0.2, -0.15) is 0 Å². The van der Waals surface area contributed by atoms with Crippen LogP contribution in [0.4, 0.5) is 10.5 Å². The lowest BCUT2D eigenvalue weighted by molar-refractivity contribution is -0.122. The Balaban J connectivity index is 2.56. The number of benzene rings is 1. The monoisotopic (exact) mass is 291 g/mol. The van der Waals surface area contributed by atoms with Crippen LogP contribution in [0, 0.1) is 0 Å². The van der Waals surface area contributed by atoms with E-state index < -0.39 is 0 Å². The Morgan fingerprint density at radius 1 is 1.24 bits per heavy atom. The second-order valence-electron chi connectivity index (χ2n) is 6.14. The maximum absolute atomic E-state index is 12.0. The van der Waals surface area contributed by atoms with Gasteiger partial charge in [0.15, 0.2) is 0 Å². The van der Waals surface area contributed by atoms with Crippen molar-refractivity contribution in [2.24, 2.45) is 0 Å². The molecular formula is C16H25N3O2. The van der Waals surface area contributed by atoms with E-state index in [1.54, 1.807) is 7.05 Å². The zero-order chi connectivity index (χ0) is 16.0. The topological polar surface area (TPSA) is 61.4 Å². The summed E-state index contributed by atoms with van der Waals surface area (Å²) in [7, 11) is 1.60. The van der Waals surface area contributed by atoms with Crippen LogP contribution in [0.5, 0.6) is 0 Å². The van der Waals surface area contributed by atoms with E-state index in [1.165, 1.54) is 4.90 Å². The molecule has 0 bridgehead atoms. The number of urea groups is 1. The molecule has 1 aromatic rings. The molecule has 1 aromatic carbocycles. The standard InChI is InChI=1S/C16H25N3O2/c1-6-12-8-7-9-13(10-12)17-15(21)19(5)11-14(20)18-16(2,3)4/h7-10H,6,11H2,1-5H3,(H,17,21)(H,18,20). The number of rotatable bonds is 4. The average Bonchev–Trinajstić information content (AvgIpc) is 2.36. The first kappa shape index (κ1) is 17.0. The van der Waals surface area contributed by atoms with Crippen molar-refractivity contribution in [2.75, 3.05) is 18.9 Å². The molecule has 0 heterocycles. The zero-order valence-electron chi connectivity index (χ0n) is 13.5. The largest absolute Gasteiger partial charge is 0.350 e. The molecule has 5 heteroatoms. The number of anilines is 1. The van der Waals surface area contributed by atoms with Crippen LogP contribution in [0.1, 0.15) is 33.3 Å². The fourth-order valence-corrected chi connectivity index (χ4v) is 1.83. The van der Waals surface area contributed by atoms with Crippen LogP contribution >= 0.6 is 0 Å². The molecular weight excluding hydrogens is 266 g/mol. The first-order valence-corrected chi connectivity index (χ1v) is 7.13. The van der Waals surface area contributed by atoms with E-state index in [4.69, 9.17) is 0 Å². The maximum Gasteiger partial charge on any atom is 0.322 e. The lowest BCUT2D eigenvalue weighted by atomic mass is 10.1. The van der Waals surface area contributed by atoms with Crippen molar-refractivity contribution in [1.29, 1.82) is 0 Å². The molecule has 0 spiro atoms. The highest BCUT2D eigenvalue weighted by Crippen LogP contribution is 2.11. The van der Waals surface area contributed by atoms with Gasteiger partial charge in [-0.15, -0.1) is 0 Å². The lowest BCUT2D eigenvalue weighted by Crippen LogP contribution is -2.47. The number of likely N-dealkylation sites (N-methyl/N-ethyl adjacent to an activating group) is 1. The summed E-state index contributed by atoms with van der Waals surface area (Å²) < 4.78 is 0. The number of carbonyl (C=O) groups excluding carboxylic acids is 2. The van der Waals surface area contributed by atoms with Crippen LogP contribution in [0.15, 0.2) is 24.3 Å². The van der Waals surface area contributed by atoms with Gasteiger partial charge >= 0.3 is 6.03 Å². The Morgan fingerprint density at radius 2 is 1.90 bits per heavy atom. The molecule has 0 aliphatic carbocycles. The Bertz CT molecular complexity index is 506. The van der Waals surface area contributed by atoms with Crippen molar-refractivity contribution >= 4 is 17.6 Å². The fourth-order valence-electron chi connectivity index (χ4n) is 1.83. The first-order chi connectivity index (χ1) is 9.71. The van der Waals surface area contributed by atoms with Crippen LogP contribution < -0.4 is 10.6 Å². The molecule has 0 radical (unpaired) electrons.